The summed E-state index contributed by atoms with van der Waals surface area (Å²) in [7, 11) is 0. The van der Waals surface area contributed by atoms with E-state index in [-0.39, 0.29) is 18.0 Å². The Balaban J connectivity index is 1.74. The van der Waals surface area contributed by atoms with Crippen molar-refractivity contribution < 1.29 is 4.79 Å². The predicted octanol–water partition coefficient (Wildman–Crippen LogP) is 0.433. The van der Waals surface area contributed by atoms with Gasteiger partial charge in [-0.1, -0.05) is 23.5 Å². The summed E-state index contributed by atoms with van der Waals surface area (Å²) in [6.45, 7) is 5.19. The van der Waals surface area contributed by atoms with E-state index in [1.54, 1.807) is 0 Å². The van der Waals surface area contributed by atoms with Crippen molar-refractivity contribution in [3.63, 3.8) is 0 Å². The minimum atomic E-state index is -0.261. The summed E-state index contributed by atoms with van der Waals surface area (Å²) in [5.74, 6) is 0.422. The number of hydrogen-bond acceptors (Lipinski definition) is 8. The molecule has 1 fully saturated rings. The second-order valence-electron chi connectivity index (χ2n) is 6.52. The highest BCUT2D eigenvalue weighted by Gasteiger charge is 2.17. The van der Waals surface area contributed by atoms with Crippen LogP contribution in [0.15, 0.2) is 29.1 Å². The van der Waals surface area contributed by atoms with E-state index in [2.05, 4.69) is 25.6 Å². The number of nitrogens with one attached hydrogen (secondary N) is 2. The van der Waals surface area contributed by atoms with Crippen LogP contribution in [0.3, 0.4) is 0 Å². The van der Waals surface area contributed by atoms with Gasteiger partial charge >= 0.3 is 0 Å². The van der Waals surface area contributed by atoms with Crippen LogP contribution in [0, 0.1) is 6.92 Å². The molecule has 0 aliphatic carbocycles. The van der Waals surface area contributed by atoms with Crippen molar-refractivity contribution in [1.29, 1.82) is 0 Å². The Bertz CT molecular complexity index is 1090. The second kappa shape index (κ2) is 7.66. The quantitative estimate of drug-likeness (QED) is 0.582. The maximum absolute atomic E-state index is 12.6. The lowest BCUT2D eigenvalue weighted by atomic mass is 10.1. The number of anilines is 2. The minimum absolute atomic E-state index is 0.0844. The highest BCUT2D eigenvalue weighted by molar-refractivity contribution is 7.19. The normalized spacial score (nSPS) is 14.4. The van der Waals surface area contributed by atoms with E-state index in [4.69, 9.17) is 5.73 Å². The lowest BCUT2D eigenvalue weighted by Crippen LogP contribution is -2.44. The van der Waals surface area contributed by atoms with Crippen LogP contribution in [-0.2, 0) is 4.79 Å². The van der Waals surface area contributed by atoms with Gasteiger partial charge in [0.1, 0.15) is 10.8 Å². The van der Waals surface area contributed by atoms with E-state index >= 15 is 0 Å². The van der Waals surface area contributed by atoms with Gasteiger partial charge in [-0.25, -0.2) is 4.98 Å². The van der Waals surface area contributed by atoms with Crippen molar-refractivity contribution in [3.8, 4) is 10.6 Å². The van der Waals surface area contributed by atoms with E-state index in [0.29, 0.717) is 21.5 Å². The maximum Gasteiger partial charge on any atom is 0.277 e. The van der Waals surface area contributed by atoms with Crippen molar-refractivity contribution in [2.24, 2.45) is 5.73 Å². The van der Waals surface area contributed by atoms with E-state index in [1.165, 1.54) is 21.9 Å². The Hall–Kier alpha value is -2.82. The largest absolute Gasteiger partial charge is 0.354 e. The number of fused-ring (bicyclic) bond motifs is 1. The zero-order valence-corrected chi connectivity index (χ0v) is 16.3. The van der Waals surface area contributed by atoms with Gasteiger partial charge in [0, 0.05) is 43.5 Å². The molecule has 0 saturated carbocycles. The molecule has 10 heteroatoms. The van der Waals surface area contributed by atoms with Crippen molar-refractivity contribution in [3.05, 3.63) is 40.2 Å². The molecule has 4 N–H and O–H groups in total. The first-order valence-corrected chi connectivity index (χ1v) is 9.85. The van der Waals surface area contributed by atoms with Crippen LogP contribution in [0.4, 0.5) is 11.5 Å². The van der Waals surface area contributed by atoms with Crippen LogP contribution < -0.4 is 26.8 Å². The number of piperazine rings is 1. The van der Waals surface area contributed by atoms with Gasteiger partial charge in [0.15, 0.2) is 0 Å². The first kappa shape index (κ1) is 18.5. The Morgan fingerprint density at radius 3 is 2.89 bits per heavy atom. The van der Waals surface area contributed by atoms with E-state index in [1.807, 2.05) is 25.1 Å². The number of nitrogens with two attached hydrogens (primary N) is 1. The van der Waals surface area contributed by atoms with Crippen LogP contribution in [0.5, 0.6) is 0 Å². The van der Waals surface area contributed by atoms with Gasteiger partial charge in [-0.05, 0) is 18.6 Å². The topological polar surface area (TPSA) is 118 Å². The highest BCUT2D eigenvalue weighted by atomic mass is 32.1. The standard InChI is InChI=1S/C18H21N7O2S/c1-11-12(3-2-4-13(11)21-15(26)10-19)17-23-25-16(27)9-14(22-18(25)28-17)24-7-5-20-6-8-24/h2-4,9,20H,5-8,10,19H2,1H3,(H,21,26). The Kier molecular flexibility index (Phi) is 5.07. The molecule has 146 valence electrons. The van der Waals surface area contributed by atoms with Crippen molar-refractivity contribution in [2.75, 3.05) is 42.9 Å². The molecule has 2 aromatic heterocycles. The van der Waals surface area contributed by atoms with Crippen molar-refractivity contribution >= 4 is 33.7 Å². The van der Waals surface area contributed by atoms with E-state index in [0.717, 1.165) is 37.3 Å². The fourth-order valence-electron chi connectivity index (χ4n) is 3.17. The minimum Gasteiger partial charge on any atom is -0.354 e. The van der Waals surface area contributed by atoms with Gasteiger partial charge in [-0.15, -0.1) is 0 Å². The molecule has 0 bridgehead atoms. The molecule has 1 aromatic carbocycles. The molecule has 0 spiro atoms. The number of hydrogen-bond donors (Lipinski definition) is 3. The molecule has 3 heterocycles. The summed E-state index contributed by atoms with van der Waals surface area (Å²) < 4.78 is 1.33. The van der Waals surface area contributed by atoms with Crippen LogP contribution in [-0.4, -0.2) is 53.2 Å². The number of amides is 1. The summed E-state index contributed by atoms with van der Waals surface area (Å²) in [5.41, 5.74) is 7.56. The smallest absolute Gasteiger partial charge is 0.277 e. The molecule has 1 amide bonds. The van der Waals surface area contributed by atoms with Crippen molar-refractivity contribution in [2.45, 2.75) is 6.92 Å². The maximum atomic E-state index is 12.6. The van der Waals surface area contributed by atoms with Crippen LogP contribution in [0.25, 0.3) is 15.5 Å². The van der Waals surface area contributed by atoms with Crippen LogP contribution in [0.1, 0.15) is 5.56 Å². The summed E-state index contributed by atoms with van der Waals surface area (Å²) in [6, 6.07) is 7.09. The molecular weight excluding hydrogens is 378 g/mol. The molecule has 0 unspecified atom stereocenters. The highest BCUT2D eigenvalue weighted by Crippen LogP contribution is 2.31. The van der Waals surface area contributed by atoms with E-state index in [9.17, 15) is 9.59 Å². The molecular formula is C18H21N7O2S. The van der Waals surface area contributed by atoms with Gasteiger partial charge in [0.25, 0.3) is 5.56 Å². The molecule has 1 saturated heterocycles. The summed E-state index contributed by atoms with van der Waals surface area (Å²) in [6.07, 6.45) is 0. The Morgan fingerprint density at radius 1 is 1.36 bits per heavy atom. The lowest BCUT2D eigenvalue weighted by Gasteiger charge is -2.27. The second-order valence-corrected chi connectivity index (χ2v) is 7.48. The monoisotopic (exact) mass is 399 g/mol. The Morgan fingerprint density at radius 2 is 2.14 bits per heavy atom. The van der Waals surface area contributed by atoms with E-state index < -0.39 is 0 Å². The number of aromatic nitrogens is 3. The summed E-state index contributed by atoms with van der Waals surface area (Å²) >= 11 is 1.35. The first-order chi connectivity index (χ1) is 13.6. The third-order valence-electron chi connectivity index (χ3n) is 4.70. The summed E-state index contributed by atoms with van der Waals surface area (Å²) in [4.78, 5) is 31.5. The predicted molar refractivity (Wildman–Crippen MR) is 110 cm³/mol. The average Bonchev–Trinajstić information content (AvgIpc) is 3.14. The van der Waals surface area contributed by atoms with Gasteiger partial charge in [-0.3, -0.25) is 9.59 Å². The van der Waals surface area contributed by atoms with Gasteiger partial charge < -0.3 is 21.3 Å². The number of carbonyl (C=O) groups is 1. The van der Waals surface area contributed by atoms with Crippen LogP contribution in [0.2, 0.25) is 0 Å². The molecule has 1 aliphatic heterocycles. The lowest BCUT2D eigenvalue weighted by molar-refractivity contribution is -0.114. The van der Waals surface area contributed by atoms with Gasteiger partial charge in [0.2, 0.25) is 10.9 Å². The number of carbonyl (C=O) groups excluding carboxylic acids is 1. The zero-order chi connectivity index (χ0) is 19.7. The third-order valence-corrected chi connectivity index (χ3v) is 5.64. The number of benzene rings is 1. The number of rotatable bonds is 4. The molecule has 3 aromatic rings. The zero-order valence-electron chi connectivity index (χ0n) is 15.4. The Labute approximate surface area is 165 Å². The fraction of sp³-hybridized carbons (Fsp3) is 0.333. The summed E-state index contributed by atoms with van der Waals surface area (Å²) in [5, 5.41) is 11.2. The molecule has 1 aliphatic rings. The number of nitrogens with zero attached hydrogens (tertiary/aromatic N) is 4. The van der Waals surface area contributed by atoms with Crippen molar-refractivity contribution in [1.82, 2.24) is 19.9 Å². The first-order valence-electron chi connectivity index (χ1n) is 9.03. The average molecular weight is 399 g/mol. The molecule has 28 heavy (non-hydrogen) atoms. The van der Waals surface area contributed by atoms with Gasteiger partial charge in [-0.2, -0.15) is 9.61 Å². The van der Waals surface area contributed by atoms with Crippen LogP contribution >= 0.6 is 11.3 Å². The van der Waals surface area contributed by atoms with Gasteiger partial charge in [0.05, 0.1) is 6.54 Å². The fourth-order valence-corrected chi connectivity index (χ4v) is 4.15. The molecule has 4 rings (SSSR count). The molecule has 0 atom stereocenters. The third kappa shape index (κ3) is 3.49. The SMILES string of the molecule is Cc1c(NC(=O)CN)cccc1-c1nn2c(=O)cc(N3CCNCC3)nc2s1. The molecule has 0 radical (unpaired) electrons. The molecule has 9 nitrogen and oxygen atoms in total.